The van der Waals surface area contributed by atoms with E-state index in [4.69, 9.17) is 0 Å². The van der Waals surface area contributed by atoms with Crippen molar-refractivity contribution in [3.8, 4) is 0 Å². The van der Waals surface area contributed by atoms with Gasteiger partial charge in [-0.1, -0.05) is 6.92 Å². The fourth-order valence-corrected chi connectivity index (χ4v) is 2.77. The fourth-order valence-electron chi connectivity index (χ4n) is 2.77. The van der Waals surface area contributed by atoms with Crippen LogP contribution in [0.4, 0.5) is 0 Å². The Morgan fingerprint density at radius 1 is 1.24 bits per heavy atom. The standard InChI is InChI=1S/C14H31N3/c1-6-15-12(2)8-7-9-17-10-13(3)16(5)14(4)11-17/h12-15H,6-11H2,1-5H3. The maximum atomic E-state index is 3.48. The van der Waals surface area contributed by atoms with E-state index < -0.39 is 0 Å². The molecule has 0 aliphatic carbocycles. The van der Waals surface area contributed by atoms with Gasteiger partial charge in [0.05, 0.1) is 0 Å². The maximum Gasteiger partial charge on any atom is 0.0195 e. The summed E-state index contributed by atoms with van der Waals surface area (Å²) in [6.45, 7) is 14.0. The highest BCUT2D eigenvalue weighted by Crippen LogP contribution is 2.13. The number of hydrogen-bond acceptors (Lipinski definition) is 3. The number of likely N-dealkylation sites (N-methyl/N-ethyl adjacent to an activating group) is 1. The van der Waals surface area contributed by atoms with Crippen molar-refractivity contribution in [3.63, 3.8) is 0 Å². The summed E-state index contributed by atoms with van der Waals surface area (Å²) in [4.78, 5) is 5.13. The van der Waals surface area contributed by atoms with Gasteiger partial charge in [0, 0.05) is 31.2 Å². The first kappa shape index (κ1) is 14.9. The lowest BCUT2D eigenvalue weighted by Crippen LogP contribution is -2.55. The summed E-state index contributed by atoms with van der Waals surface area (Å²) >= 11 is 0. The van der Waals surface area contributed by atoms with Crippen LogP contribution in [0.3, 0.4) is 0 Å². The van der Waals surface area contributed by atoms with Crippen molar-refractivity contribution >= 4 is 0 Å². The van der Waals surface area contributed by atoms with E-state index in [0.29, 0.717) is 18.1 Å². The van der Waals surface area contributed by atoms with Gasteiger partial charge in [-0.15, -0.1) is 0 Å². The van der Waals surface area contributed by atoms with Gasteiger partial charge in [-0.3, -0.25) is 4.90 Å². The number of piperazine rings is 1. The van der Waals surface area contributed by atoms with Gasteiger partial charge in [0.2, 0.25) is 0 Å². The van der Waals surface area contributed by atoms with Gasteiger partial charge >= 0.3 is 0 Å². The molecule has 1 fully saturated rings. The molecule has 0 aromatic heterocycles. The monoisotopic (exact) mass is 241 g/mol. The predicted molar refractivity (Wildman–Crippen MR) is 75.5 cm³/mol. The van der Waals surface area contributed by atoms with Gasteiger partial charge in [0.15, 0.2) is 0 Å². The zero-order valence-corrected chi connectivity index (χ0v) is 12.4. The molecule has 3 heteroatoms. The lowest BCUT2D eigenvalue weighted by atomic mass is 10.1. The molecular formula is C14H31N3. The highest BCUT2D eigenvalue weighted by molar-refractivity contribution is 4.82. The molecule has 0 radical (unpaired) electrons. The molecule has 0 spiro atoms. The number of hydrogen-bond donors (Lipinski definition) is 1. The van der Waals surface area contributed by atoms with E-state index in [1.54, 1.807) is 0 Å². The third-order valence-electron chi connectivity index (χ3n) is 4.10. The molecule has 0 saturated carbocycles. The molecule has 1 saturated heterocycles. The summed E-state index contributed by atoms with van der Waals surface area (Å²) in [6, 6.07) is 2.07. The molecule has 3 atom stereocenters. The quantitative estimate of drug-likeness (QED) is 0.765. The molecule has 0 bridgehead atoms. The number of nitrogens with one attached hydrogen (secondary N) is 1. The van der Waals surface area contributed by atoms with Gasteiger partial charge in [0.1, 0.15) is 0 Å². The second-order valence-corrected chi connectivity index (χ2v) is 5.72. The van der Waals surface area contributed by atoms with Gasteiger partial charge in [-0.05, 0) is 53.8 Å². The zero-order valence-electron chi connectivity index (χ0n) is 12.4. The molecule has 3 unspecified atom stereocenters. The van der Waals surface area contributed by atoms with E-state index in [1.165, 1.54) is 32.5 Å². The molecule has 3 nitrogen and oxygen atoms in total. The number of rotatable bonds is 6. The summed E-state index contributed by atoms with van der Waals surface area (Å²) in [5.41, 5.74) is 0. The molecule has 102 valence electrons. The smallest absolute Gasteiger partial charge is 0.0195 e. The van der Waals surface area contributed by atoms with E-state index in [1.807, 2.05) is 0 Å². The van der Waals surface area contributed by atoms with E-state index in [0.717, 1.165) is 6.54 Å². The third-order valence-corrected chi connectivity index (χ3v) is 4.10. The summed E-state index contributed by atoms with van der Waals surface area (Å²) in [5, 5.41) is 3.48. The summed E-state index contributed by atoms with van der Waals surface area (Å²) in [6.07, 6.45) is 2.61. The third kappa shape index (κ3) is 4.94. The van der Waals surface area contributed by atoms with Crippen LogP contribution < -0.4 is 5.32 Å². The van der Waals surface area contributed by atoms with Gasteiger partial charge < -0.3 is 10.2 Å². The number of nitrogens with zero attached hydrogens (tertiary/aromatic N) is 2. The molecular weight excluding hydrogens is 210 g/mol. The highest BCUT2D eigenvalue weighted by Gasteiger charge is 2.25. The van der Waals surface area contributed by atoms with E-state index in [2.05, 4.69) is 49.9 Å². The van der Waals surface area contributed by atoms with Crippen molar-refractivity contribution in [3.05, 3.63) is 0 Å². The first-order valence-corrected chi connectivity index (χ1v) is 7.22. The molecule has 0 aromatic rings. The first-order valence-electron chi connectivity index (χ1n) is 7.22. The average molecular weight is 241 g/mol. The van der Waals surface area contributed by atoms with E-state index in [-0.39, 0.29) is 0 Å². The van der Waals surface area contributed by atoms with Crippen LogP contribution in [0, 0.1) is 0 Å². The average Bonchev–Trinajstić information content (AvgIpc) is 2.26. The lowest BCUT2D eigenvalue weighted by Gasteiger charge is -2.42. The first-order chi connectivity index (χ1) is 8.04. The van der Waals surface area contributed by atoms with Gasteiger partial charge in [-0.2, -0.15) is 0 Å². The van der Waals surface area contributed by atoms with Crippen molar-refractivity contribution in [2.45, 2.75) is 58.7 Å². The molecule has 1 N–H and O–H groups in total. The Hall–Kier alpha value is -0.120. The molecule has 1 aliphatic heterocycles. The van der Waals surface area contributed by atoms with Gasteiger partial charge in [0.25, 0.3) is 0 Å². The van der Waals surface area contributed by atoms with Crippen LogP contribution in [0.15, 0.2) is 0 Å². The molecule has 0 aromatic carbocycles. The van der Waals surface area contributed by atoms with Crippen LogP contribution in [0.2, 0.25) is 0 Å². The molecule has 1 heterocycles. The van der Waals surface area contributed by atoms with Crippen LogP contribution in [-0.2, 0) is 0 Å². The Bertz CT molecular complexity index is 196. The van der Waals surface area contributed by atoms with Crippen LogP contribution in [-0.4, -0.2) is 61.2 Å². The Kier molecular flexibility index (Phi) is 6.45. The largest absolute Gasteiger partial charge is 0.315 e. The normalized spacial score (nSPS) is 29.5. The molecule has 1 aliphatic rings. The fraction of sp³-hybridized carbons (Fsp3) is 1.00. The van der Waals surface area contributed by atoms with Gasteiger partial charge in [-0.25, -0.2) is 0 Å². The second kappa shape index (κ2) is 7.34. The van der Waals surface area contributed by atoms with Crippen LogP contribution >= 0.6 is 0 Å². The van der Waals surface area contributed by atoms with E-state index >= 15 is 0 Å². The molecule has 17 heavy (non-hydrogen) atoms. The molecule has 1 rings (SSSR count). The van der Waals surface area contributed by atoms with Crippen molar-refractivity contribution < 1.29 is 0 Å². The zero-order chi connectivity index (χ0) is 12.8. The van der Waals surface area contributed by atoms with Crippen molar-refractivity contribution in [2.24, 2.45) is 0 Å². The summed E-state index contributed by atoms with van der Waals surface area (Å²) in [7, 11) is 2.25. The van der Waals surface area contributed by atoms with Crippen molar-refractivity contribution in [2.75, 3.05) is 33.2 Å². The van der Waals surface area contributed by atoms with E-state index in [9.17, 15) is 0 Å². The summed E-state index contributed by atoms with van der Waals surface area (Å²) in [5.74, 6) is 0. The van der Waals surface area contributed by atoms with Crippen molar-refractivity contribution in [1.82, 2.24) is 15.1 Å². The Morgan fingerprint density at radius 2 is 1.82 bits per heavy atom. The second-order valence-electron chi connectivity index (χ2n) is 5.72. The molecule has 0 amide bonds. The Balaban J connectivity index is 2.19. The SMILES string of the molecule is CCNC(C)CCCN1CC(C)N(C)C(C)C1. The Morgan fingerprint density at radius 3 is 2.35 bits per heavy atom. The van der Waals surface area contributed by atoms with Crippen LogP contribution in [0.5, 0.6) is 0 Å². The summed E-state index contributed by atoms with van der Waals surface area (Å²) < 4.78 is 0. The van der Waals surface area contributed by atoms with Crippen molar-refractivity contribution in [1.29, 1.82) is 0 Å². The maximum absolute atomic E-state index is 3.48. The minimum Gasteiger partial charge on any atom is -0.315 e. The minimum atomic E-state index is 0.669. The van der Waals surface area contributed by atoms with Crippen LogP contribution in [0.1, 0.15) is 40.5 Å². The predicted octanol–water partition coefficient (Wildman–Crippen LogP) is 1.79. The minimum absolute atomic E-state index is 0.669. The lowest BCUT2D eigenvalue weighted by molar-refractivity contribution is 0.0588. The topological polar surface area (TPSA) is 18.5 Å². The van der Waals surface area contributed by atoms with Crippen LogP contribution in [0.25, 0.3) is 0 Å². The highest BCUT2D eigenvalue weighted by atomic mass is 15.3. The Labute approximate surface area is 108 Å².